The van der Waals surface area contributed by atoms with Crippen molar-refractivity contribution in [3.63, 3.8) is 0 Å². The average molecular weight is 298 g/mol. The second kappa shape index (κ2) is 7.12. The molecule has 0 bridgehead atoms. The van der Waals surface area contributed by atoms with Gasteiger partial charge in [-0.3, -0.25) is 10.1 Å². The summed E-state index contributed by atoms with van der Waals surface area (Å²) < 4.78 is 15.8. The van der Waals surface area contributed by atoms with Crippen LogP contribution in [0.1, 0.15) is 26.7 Å². The molecule has 0 fully saturated rings. The summed E-state index contributed by atoms with van der Waals surface area (Å²) in [4.78, 5) is 10.6. The Bertz CT molecular complexity index is 500. The van der Waals surface area contributed by atoms with Crippen molar-refractivity contribution in [3.8, 4) is 17.2 Å². The summed E-state index contributed by atoms with van der Waals surface area (Å²) in [7, 11) is 2.87. The van der Waals surface area contributed by atoms with Gasteiger partial charge in [-0.05, 0) is 12.8 Å². The van der Waals surface area contributed by atoms with E-state index in [0.717, 1.165) is 0 Å². The number of rotatable bonds is 8. The number of ether oxygens (including phenoxy) is 3. The number of hydrogen-bond donors (Lipinski definition) is 1. The van der Waals surface area contributed by atoms with Gasteiger partial charge in [0.15, 0.2) is 11.5 Å². The minimum atomic E-state index is -0.520. The minimum Gasteiger partial charge on any atom is -0.493 e. The van der Waals surface area contributed by atoms with Crippen LogP contribution in [0.4, 0.5) is 5.69 Å². The van der Waals surface area contributed by atoms with Crippen molar-refractivity contribution >= 4 is 5.69 Å². The molecule has 1 rings (SSSR count). The van der Waals surface area contributed by atoms with E-state index >= 15 is 0 Å². The zero-order valence-corrected chi connectivity index (χ0v) is 12.8. The standard InChI is InChI=1S/C14H22N2O5/c1-5-14(15,6-2)9-21-11-8-13(20-4)12(19-3)7-10(11)16(17)18/h7-8H,5-6,9,15H2,1-4H3. The summed E-state index contributed by atoms with van der Waals surface area (Å²) in [5.74, 6) is 0.768. The van der Waals surface area contributed by atoms with Crippen LogP contribution in [0, 0.1) is 10.1 Å². The molecule has 2 N–H and O–H groups in total. The van der Waals surface area contributed by atoms with Crippen LogP contribution in [-0.4, -0.2) is 31.3 Å². The Kier molecular flexibility index (Phi) is 5.78. The van der Waals surface area contributed by atoms with Crippen LogP contribution >= 0.6 is 0 Å². The Morgan fingerprint density at radius 3 is 2.10 bits per heavy atom. The van der Waals surface area contributed by atoms with E-state index in [4.69, 9.17) is 19.9 Å². The minimum absolute atomic E-state index is 0.120. The van der Waals surface area contributed by atoms with E-state index < -0.39 is 10.5 Å². The largest absolute Gasteiger partial charge is 0.493 e. The number of nitro groups is 1. The molecule has 0 aromatic heterocycles. The first-order chi connectivity index (χ1) is 9.90. The lowest BCUT2D eigenvalue weighted by molar-refractivity contribution is -0.386. The van der Waals surface area contributed by atoms with Gasteiger partial charge in [-0.15, -0.1) is 0 Å². The number of nitro benzene ring substituents is 1. The van der Waals surface area contributed by atoms with Gasteiger partial charge >= 0.3 is 5.69 Å². The Hall–Kier alpha value is -2.02. The summed E-state index contributed by atoms with van der Waals surface area (Å²) >= 11 is 0. The maximum Gasteiger partial charge on any atom is 0.314 e. The Labute approximate surface area is 124 Å². The molecule has 0 amide bonds. The fourth-order valence-corrected chi connectivity index (χ4v) is 1.78. The highest BCUT2D eigenvalue weighted by atomic mass is 16.6. The third-order valence-corrected chi connectivity index (χ3v) is 3.59. The summed E-state index contributed by atoms with van der Waals surface area (Å²) in [5.41, 5.74) is 5.46. The van der Waals surface area contributed by atoms with E-state index in [1.54, 1.807) is 0 Å². The molecule has 7 heteroatoms. The smallest absolute Gasteiger partial charge is 0.314 e. The zero-order valence-electron chi connectivity index (χ0n) is 12.8. The van der Waals surface area contributed by atoms with Gasteiger partial charge in [0, 0.05) is 11.6 Å². The quantitative estimate of drug-likeness (QED) is 0.585. The molecule has 7 nitrogen and oxygen atoms in total. The Morgan fingerprint density at radius 1 is 1.14 bits per heavy atom. The molecular formula is C14H22N2O5. The van der Waals surface area contributed by atoms with Crippen molar-refractivity contribution < 1.29 is 19.1 Å². The maximum absolute atomic E-state index is 11.2. The lowest BCUT2D eigenvalue weighted by atomic mass is 9.96. The van der Waals surface area contributed by atoms with Crippen LogP contribution in [0.25, 0.3) is 0 Å². The molecule has 0 saturated heterocycles. The molecule has 0 unspecified atom stereocenters. The maximum atomic E-state index is 11.2. The first-order valence-electron chi connectivity index (χ1n) is 6.72. The van der Waals surface area contributed by atoms with Gasteiger partial charge in [-0.2, -0.15) is 0 Å². The molecule has 118 valence electrons. The van der Waals surface area contributed by atoms with E-state index in [1.165, 1.54) is 26.4 Å². The molecule has 0 spiro atoms. The number of nitrogens with two attached hydrogens (primary N) is 1. The fraction of sp³-hybridized carbons (Fsp3) is 0.571. The van der Waals surface area contributed by atoms with Gasteiger partial charge in [0.25, 0.3) is 0 Å². The highest BCUT2D eigenvalue weighted by Crippen LogP contribution is 2.39. The van der Waals surface area contributed by atoms with Crippen molar-refractivity contribution in [2.45, 2.75) is 32.2 Å². The molecule has 1 aromatic carbocycles. The second-order valence-corrected chi connectivity index (χ2v) is 4.79. The molecule has 0 aliphatic rings. The van der Waals surface area contributed by atoms with E-state index in [0.29, 0.717) is 18.6 Å². The predicted molar refractivity (Wildman–Crippen MR) is 79.2 cm³/mol. The van der Waals surface area contributed by atoms with Crippen molar-refractivity contribution in [1.82, 2.24) is 0 Å². The lowest BCUT2D eigenvalue weighted by Crippen LogP contribution is -2.44. The monoisotopic (exact) mass is 298 g/mol. The third kappa shape index (κ3) is 3.98. The van der Waals surface area contributed by atoms with E-state index in [2.05, 4.69) is 0 Å². The van der Waals surface area contributed by atoms with Gasteiger partial charge in [0.1, 0.15) is 6.61 Å². The van der Waals surface area contributed by atoms with Gasteiger partial charge < -0.3 is 19.9 Å². The highest BCUT2D eigenvalue weighted by Gasteiger charge is 2.25. The molecule has 0 heterocycles. The van der Waals surface area contributed by atoms with Gasteiger partial charge in [-0.25, -0.2) is 0 Å². The van der Waals surface area contributed by atoms with Crippen LogP contribution in [0.15, 0.2) is 12.1 Å². The van der Waals surface area contributed by atoms with Gasteiger partial charge in [0.2, 0.25) is 5.75 Å². The fourth-order valence-electron chi connectivity index (χ4n) is 1.78. The normalized spacial score (nSPS) is 11.1. The second-order valence-electron chi connectivity index (χ2n) is 4.79. The predicted octanol–water partition coefficient (Wildman–Crippen LogP) is 2.51. The van der Waals surface area contributed by atoms with E-state index in [1.807, 2.05) is 13.8 Å². The first kappa shape index (κ1) is 17.0. The van der Waals surface area contributed by atoms with Gasteiger partial charge in [-0.1, -0.05) is 13.8 Å². The van der Waals surface area contributed by atoms with Crippen molar-refractivity contribution in [2.75, 3.05) is 20.8 Å². The zero-order chi connectivity index (χ0) is 16.0. The molecular weight excluding hydrogens is 276 g/mol. The summed E-state index contributed by atoms with van der Waals surface area (Å²) in [6.45, 7) is 4.10. The number of hydrogen-bond acceptors (Lipinski definition) is 6. The molecule has 0 saturated carbocycles. The Morgan fingerprint density at radius 2 is 1.67 bits per heavy atom. The van der Waals surface area contributed by atoms with Gasteiger partial charge in [0.05, 0.1) is 25.2 Å². The van der Waals surface area contributed by atoms with Crippen LogP contribution < -0.4 is 19.9 Å². The van der Waals surface area contributed by atoms with Crippen molar-refractivity contribution in [2.24, 2.45) is 5.73 Å². The molecule has 0 radical (unpaired) electrons. The average Bonchev–Trinajstić information content (AvgIpc) is 2.51. The number of benzene rings is 1. The highest BCUT2D eigenvalue weighted by molar-refractivity contribution is 5.58. The van der Waals surface area contributed by atoms with Crippen LogP contribution in [0.5, 0.6) is 17.2 Å². The SMILES string of the molecule is CCC(N)(CC)COc1cc(OC)c(OC)cc1[N+](=O)[O-]. The third-order valence-electron chi connectivity index (χ3n) is 3.59. The van der Waals surface area contributed by atoms with Crippen LogP contribution in [-0.2, 0) is 0 Å². The van der Waals surface area contributed by atoms with E-state index in [9.17, 15) is 10.1 Å². The van der Waals surface area contributed by atoms with Crippen LogP contribution in [0.3, 0.4) is 0 Å². The molecule has 21 heavy (non-hydrogen) atoms. The van der Waals surface area contributed by atoms with Crippen LogP contribution in [0.2, 0.25) is 0 Å². The Balaban J connectivity index is 3.12. The molecule has 0 aliphatic carbocycles. The van der Waals surface area contributed by atoms with E-state index in [-0.39, 0.29) is 23.8 Å². The summed E-state index contributed by atoms with van der Waals surface area (Å²) in [6.07, 6.45) is 1.43. The number of nitrogens with zero attached hydrogens (tertiary/aromatic N) is 1. The summed E-state index contributed by atoms with van der Waals surface area (Å²) in [6, 6.07) is 2.73. The molecule has 0 atom stereocenters. The lowest BCUT2D eigenvalue weighted by Gasteiger charge is -2.26. The molecule has 0 aliphatic heterocycles. The molecule has 1 aromatic rings. The first-order valence-corrected chi connectivity index (χ1v) is 6.72. The van der Waals surface area contributed by atoms with Crippen molar-refractivity contribution in [1.29, 1.82) is 0 Å². The number of methoxy groups -OCH3 is 2. The van der Waals surface area contributed by atoms with Crippen molar-refractivity contribution in [3.05, 3.63) is 22.2 Å². The summed E-state index contributed by atoms with van der Waals surface area (Å²) in [5, 5.41) is 11.2. The topological polar surface area (TPSA) is 96.9 Å².